The molecule has 1 N–H and O–H groups in total. The van der Waals surface area contributed by atoms with Crippen LogP contribution in [-0.2, 0) is 6.54 Å². The summed E-state index contributed by atoms with van der Waals surface area (Å²) in [6.45, 7) is 1.94. The van der Waals surface area contributed by atoms with Crippen molar-refractivity contribution in [2.75, 3.05) is 7.05 Å². The second-order valence-electron chi connectivity index (χ2n) is 3.15. The molecule has 5 heteroatoms. The van der Waals surface area contributed by atoms with Gasteiger partial charge in [0.15, 0.2) is 0 Å². The average molecular weight is 196 g/mol. The third-order valence-corrected chi connectivity index (χ3v) is 1.97. The Labute approximate surface area is 81.7 Å². The molecule has 1 aromatic carbocycles. The third-order valence-electron chi connectivity index (χ3n) is 1.97. The van der Waals surface area contributed by atoms with Gasteiger partial charge in [-0.2, -0.15) is 5.06 Å². The standard InChI is InChI=1S/C9H12N2O3/c1-7-4-3-5-9(11(13)14)8(7)6-10(2)12/h3-5,12H,6H2,1-2H3. The molecule has 0 spiro atoms. The largest absolute Gasteiger partial charge is 0.314 e. The number of aryl methyl sites for hydroxylation is 1. The van der Waals surface area contributed by atoms with E-state index in [9.17, 15) is 10.1 Å². The van der Waals surface area contributed by atoms with Crippen LogP contribution in [0, 0.1) is 17.0 Å². The van der Waals surface area contributed by atoms with E-state index in [2.05, 4.69) is 0 Å². The number of nitrogens with zero attached hydrogens (tertiary/aromatic N) is 2. The van der Waals surface area contributed by atoms with Gasteiger partial charge in [-0.05, 0) is 12.5 Å². The van der Waals surface area contributed by atoms with Gasteiger partial charge in [-0.3, -0.25) is 10.1 Å². The van der Waals surface area contributed by atoms with E-state index in [0.29, 0.717) is 5.56 Å². The quantitative estimate of drug-likeness (QED) is 0.590. The Kier molecular flexibility index (Phi) is 3.16. The molecule has 0 fully saturated rings. The lowest BCUT2D eigenvalue weighted by atomic mass is 10.1. The van der Waals surface area contributed by atoms with Gasteiger partial charge in [0.05, 0.1) is 11.5 Å². The lowest BCUT2D eigenvalue weighted by Gasteiger charge is -2.10. The number of benzene rings is 1. The van der Waals surface area contributed by atoms with Crippen molar-refractivity contribution in [1.82, 2.24) is 5.06 Å². The maximum absolute atomic E-state index is 10.7. The topological polar surface area (TPSA) is 66.6 Å². The highest BCUT2D eigenvalue weighted by molar-refractivity contribution is 5.44. The predicted octanol–water partition coefficient (Wildman–Crippen LogP) is 1.72. The molecule has 0 aliphatic rings. The summed E-state index contributed by atoms with van der Waals surface area (Å²) >= 11 is 0. The first kappa shape index (κ1) is 10.6. The molecule has 0 aliphatic carbocycles. The van der Waals surface area contributed by atoms with Gasteiger partial charge in [0.2, 0.25) is 0 Å². The Balaban J connectivity index is 3.15. The number of hydroxylamine groups is 2. The molecule has 0 aromatic heterocycles. The van der Waals surface area contributed by atoms with Crippen molar-refractivity contribution in [3.05, 3.63) is 39.4 Å². The van der Waals surface area contributed by atoms with E-state index in [0.717, 1.165) is 10.6 Å². The van der Waals surface area contributed by atoms with E-state index >= 15 is 0 Å². The fourth-order valence-corrected chi connectivity index (χ4v) is 1.29. The fourth-order valence-electron chi connectivity index (χ4n) is 1.29. The number of hydrogen-bond donors (Lipinski definition) is 1. The molecule has 5 nitrogen and oxygen atoms in total. The minimum Gasteiger partial charge on any atom is -0.314 e. The lowest BCUT2D eigenvalue weighted by molar-refractivity contribution is -0.386. The van der Waals surface area contributed by atoms with Crippen LogP contribution in [0.3, 0.4) is 0 Å². The smallest absolute Gasteiger partial charge is 0.274 e. The maximum atomic E-state index is 10.7. The summed E-state index contributed by atoms with van der Waals surface area (Å²) in [5.74, 6) is 0. The SMILES string of the molecule is Cc1cccc([N+](=O)[O-])c1CN(C)O. The number of nitro groups is 1. The van der Waals surface area contributed by atoms with Crippen LogP contribution in [0.5, 0.6) is 0 Å². The molecule has 0 aliphatic heterocycles. The molecule has 0 heterocycles. The van der Waals surface area contributed by atoms with Gasteiger partial charge in [-0.1, -0.05) is 12.1 Å². The van der Waals surface area contributed by atoms with Crippen LogP contribution in [0.2, 0.25) is 0 Å². The molecule has 0 radical (unpaired) electrons. The molecule has 0 amide bonds. The first-order valence-corrected chi connectivity index (χ1v) is 4.15. The van der Waals surface area contributed by atoms with Crippen LogP contribution in [0.15, 0.2) is 18.2 Å². The van der Waals surface area contributed by atoms with Crippen LogP contribution >= 0.6 is 0 Å². The Morgan fingerprint density at radius 3 is 2.71 bits per heavy atom. The average Bonchev–Trinajstić information content (AvgIpc) is 2.07. The van der Waals surface area contributed by atoms with E-state index < -0.39 is 4.92 Å². The van der Waals surface area contributed by atoms with E-state index in [1.165, 1.54) is 13.1 Å². The minimum atomic E-state index is -0.439. The Bertz CT molecular complexity index is 350. The zero-order chi connectivity index (χ0) is 10.7. The predicted molar refractivity (Wildman–Crippen MR) is 51.1 cm³/mol. The Hall–Kier alpha value is -1.46. The second-order valence-corrected chi connectivity index (χ2v) is 3.15. The van der Waals surface area contributed by atoms with E-state index in [4.69, 9.17) is 5.21 Å². The monoisotopic (exact) mass is 196 g/mol. The number of hydrogen-bond acceptors (Lipinski definition) is 4. The van der Waals surface area contributed by atoms with Crippen molar-refractivity contribution >= 4 is 5.69 Å². The summed E-state index contributed by atoms with van der Waals surface area (Å²) in [5.41, 5.74) is 1.40. The van der Waals surface area contributed by atoms with Gasteiger partial charge in [0.1, 0.15) is 0 Å². The summed E-state index contributed by atoms with van der Waals surface area (Å²) in [4.78, 5) is 10.2. The Morgan fingerprint density at radius 2 is 2.21 bits per heavy atom. The summed E-state index contributed by atoms with van der Waals surface area (Å²) in [6.07, 6.45) is 0. The molecule has 76 valence electrons. The minimum absolute atomic E-state index is 0.0471. The normalized spacial score (nSPS) is 10.6. The zero-order valence-electron chi connectivity index (χ0n) is 8.10. The molecular weight excluding hydrogens is 184 g/mol. The Morgan fingerprint density at radius 1 is 1.57 bits per heavy atom. The molecule has 1 rings (SSSR count). The fraction of sp³-hybridized carbons (Fsp3) is 0.333. The van der Waals surface area contributed by atoms with Gasteiger partial charge >= 0.3 is 0 Å². The molecule has 0 saturated carbocycles. The van der Waals surface area contributed by atoms with Crippen LogP contribution in [0.1, 0.15) is 11.1 Å². The van der Waals surface area contributed by atoms with Gasteiger partial charge < -0.3 is 5.21 Å². The van der Waals surface area contributed by atoms with Crippen molar-refractivity contribution in [2.45, 2.75) is 13.5 Å². The first-order chi connectivity index (χ1) is 6.52. The van der Waals surface area contributed by atoms with Crippen LogP contribution in [0.4, 0.5) is 5.69 Å². The third kappa shape index (κ3) is 2.27. The van der Waals surface area contributed by atoms with Crippen molar-refractivity contribution in [1.29, 1.82) is 0 Å². The van der Waals surface area contributed by atoms with Crippen LogP contribution in [0.25, 0.3) is 0 Å². The highest BCUT2D eigenvalue weighted by atomic mass is 16.6. The molecule has 0 bridgehead atoms. The maximum Gasteiger partial charge on any atom is 0.274 e. The zero-order valence-corrected chi connectivity index (χ0v) is 8.10. The van der Waals surface area contributed by atoms with E-state index in [1.807, 2.05) is 0 Å². The summed E-state index contributed by atoms with van der Waals surface area (Å²) in [6, 6.07) is 4.85. The molecule has 14 heavy (non-hydrogen) atoms. The highest BCUT2D eigenvalue weighted by Gasteiger charge is 2.15. The van der Waals surface area contributed by atoms with Gasteiger partial charge in [0.25, 0.3) is 5.69 Å². The second kappa shape index (κ2) is 4.17. The van der Waals surface area contributed by atoms with Crippen LogP contribution < -0.4 is 0 Å². The van der Waals surface area contributed by atoms with Crippen molar-refractivity contribution in [3.8, 4) is 0 Å². The molecule has 0 saturated heterocycles. The van der Waals surface area contributed by atoms with Crippen molar-refractivity contribution in [3.63, 3.8) is 0 Å². The number of rotatable bonds is 3. The van der Waals surface area contributed by atoms with E-state index in [-0.39, 0.29) is 12.2 Å². The highest BCUT2D eigenvalue weighted by Crippen LogP contribution is 2.22. The summed E-state index contributed by atoms with van der Waals surface area (Å²) < 4.78 is 0. The molecule has 0 atom stereocenters. The van der Waals surface area contributed by atoms with Crippen molar-refractivity contribution in [2.24, 2.45) is 0 Å². The van der Waals surface area contributed by atoms with Crippen molar-refractivity contribution < 1.29 is 10.1 Å². The molecule has 0 unspecified atom stereocenters. The molecular formula is C9H12N2O3. The summed E-state index contributed by atoms with van der Waals surface area (Å²) in [7, 11) is 1.45. The first-order valence-electron chi connectivity index (χ1n) is 4.15. The lowest BCUT2D eigenvalue weighted by Crippen LogP contribution is -2.14. The van der Waals surface area contributed by atoms with Gasteiger partial charge in [-0.15, -0.1) is 0 Å². The van der Waals surface area contributed by atoms with Gasteiger partial charge in [0, 0.05) is 18.7 Å². The van der Waals surface area contributed by atoms with Crippen LogP contribution in [-0.4, -0.2) is 22.2 Å². The number of nitro benzene ring substituents is 1. The van der Waals surface area contributed by atoms with E-state index in [1.54, 1.807) is 19.1 Å². The molecule has 1 aromatic rings. The summed E-state index contributed by atoms with van der Waals surface area (Å²) in [5, 5.41) is 20.6. The van der Waals surface area contributed by atoms with Gasteiger partial charge in [-0.25, -0.2) is 0 Å².